The highest BCUT2D eigenvalue weighted by atomic mass is 79.9. The Morgan fingerprint density at radius 1 is 1.36 bits per heavy atom. The van der Waals surface area contributed by atoms with Crippen LogP contribution in [0, 0.1) is 0 Å². The lowest BCUT2D eigenvalue weighted by molar-refractivity contribution is 0.667. The number of halogens is 2. The van der Waals surface area contributed by atoms with Crippen LogP contribution in [-0.2, 0) is 6.42 Å². The standard InChI is InChI=1S/C10H14BrClS.Mg.2H/c1-2-3-4-5-6-8-7-9(12)13-10(8)11;;;/h7H,2-6H2,1H3;;;. The highest BCUT2D eigenvalue weighted by Gasteiger charge is 2.04. The predicted molar refractivity (Wildman–Crippen MR) is 73.4 cm³/mol. The molecule has 0 radical (unpaired) electrons. The molecule has 0 unspecified atom stereocenters. The molecule has 1 aromatic rings. The minimum absolute atomic E-state index is 0. The van der Waals surface area contributed by atoms with Gasteiger partial charge in [-0.1, -0.05) is 37.8 Å². The van der Waals surface area contributed by atoms with E-state index in [1.165, 1.54) is 35.0 Å². The predicted octanol–water partition coefficient (Wildman–Crippen LogP) is 4.37. The van der Waals surface area contributed by atoms with Crippen molar-refractivity contribution in [2.24, 2.45) is 0 Å². The van der Waals surface area contributed by atoms with Crippen molar-refractivity contribution < 1.29 is 0 Å². The van der Waals surface area contributed by atoms with Crippen molar-refractivity contribution >= 4 is 61.9 Å². The molecule has 0 saturated heterocycles. The van der Waals surface area contributed by atoms with Crippen molar-refractivity contribution in [2.75, 3.05) is 0 Å². The number of thiophene rings is 1. The third kappa shape index (κ3) is 5.36. The summed E-state index contributed by atoms with van der Waals surface area (Å²) in [5.74, 6) is 0. The molecule has 0 fully saturated rings. The van der Waals surface area contributed by atoms with Crippen LogP contribution in [-0.4, -0.2) is 23.1 Å². The molecule has 0 atom stereocenters. The van der Waals surface area contributed by atoms with E-state index in [0.29, 0.717) is 0 Å². The average molecular weight is 308 g/mol. The summed E-state index contributed by atoms with van der Waals surface area (Å²) in [6.07, 6.45) is 6.40. The van der Waals surface area contributed by atoms with Gasteiger partial charge in [-0.05, 0) is 40.4 Å². The highest BCUT2D eigenvalue weighted by Crippen LogP contribution is 2.32. The van der Waals surface area contributed by atoms with Gasteiger partial charge in [-0.15, -0.1) is 11.3 Å². The summed E-state index contributed by atoms with van der Waals surface area (Å²) in [4.78, 5) is 0. The van der Waals surface area contributed by atoms with E-state index in [0.717, 1.165) is 10.8 Å². The van der Waals surface area contributed by atoms with Gasteiger partial charge in [0.2, 0.25) is 0 Å². The molecule has 0 aliphatic heterocycles. The van der Waals surface area contributed by atoms with Gasteiger partial charge in [-0.2, -0.15) is 0 Å². The molecule has 0 spiro atoms. The topological polar surface area (TPSA) is 0 Å². The Bertz CT molecular complexity index is 263. The number of rotatable bonds is 5. The number of unbranched alkanes of at least 4 members (excludes halogenated alkanes) is 3. The SMILES string of the molecule is CCCCCCc1cc(Cl)sc1Br.[MgH2]. The molecule has 4 heteroatoms. The van der Waals surface area contributed by atoms with Crippen LogP contribution in [0.15, 0.2) is 9.85 Å². The second kappa shape index (κ2) is 8.40. The van der Waals surface area contributed by atoms with Gasteiger partial charge in [-0.3, -0.25) is 0 Å². The lowest BCUT2D eigenvalue weighted by Crippen LogP contribution is -1.83. The summed E-state index contributed by atoms with van der Waals surface area (Å²) < 4.78 is 2.09. The van der Waals surface area contributed by atoms with E-state index >= 15 is 0 Å². The summed E-state index contributed by atoms with van der Waals surface area (Å²) in [5.41, 5.74) is 1.37. The summed E-state index contributed by atoms with van der Waals surface area (Å²) in [6.45, 7) is 2.23. The van der Waals surface area contributed by atoms with E-state index in [-0.39, 0.29) is 23.1 Å². The highest BCUT2D eigenvalue weighted by molar-refractivity contribution is 9.11. The van der Waals surface area contributed by atoms with Crippen LogP contribution in [0.5, 0.6) is 0 Å². The zero-order valence-corrected chi connectivity index (χ0v) is 10.9. The Kier molecular flexibility index (Phi) is 9.14. The number of aryl methyl sites for hydroxylation is 1. The average Bonchev–Trinajstić information content (AvgIpc) is 2.39. The van der Waals surface area contributed by atoms with Crippen LogP contribution >= 0.6 is 38.9 Å². The van der Waals surface area contributed by atoms with E-state index in [2.05, 4.69) is 28.9 Å². The second-order valence-corrected chi connectivity index (χ2v) is 6.16. The molecule has 1 aromatic heterocycles. The Labute approximate surface area is 120 Å². The lowest BCUT2D eigenvalue weighted by Gasteiger charge is -1.98. The van der Waals surface area contributed by atoms with Gasteiger partial charge in [0, 0.05) is 0 Å². The molecule has 0 N–H and O–H groups in total. The van der Waals surface area contributed by atoms with E-state index in [1.54, 1.807) is 11.3 Å². The molecule has 14 heavy (non-hydrogen) atoms. The minimum atomic E-state index is 0. The van der Waals surface area contributed by atoms with Gasteiger partial charge in [0.1, 0.15) is 0 Å². The van der Waals surface area contributed by atoms with E-state index in [9.17, 15) is 0 Å². The smallest absolute Gasteiger partial charge is 0.116 e. The third-order valence-electron chi connectivity index (χ3n) is 2.03. The molecular formula is C10H16BrClMgS. The molecule has 0 amide bonds. The largest absolute Gasteiger partial charge is 0.316 e. The van der Waals surface area contributed by atoms with Crippen molar-refractivity contribution in [3.8, 4) is 0 Å². The molecule has 0 aliphatic carbocycles. The zero-order chi connectivity index (χ0) is 9.68. The fourth-order valence-electron chi connectivity index (χ4n) is 1.29. The minimum Gasteiger partial charge on any atom is -0.116 e. The van der Waals surface area contributed by atoms with Crippen molar-refractivity contribution in [2.45, 2.75) is 39.0 Å². The molecular weight excluding hydrogens is 292 g/mol. The molecule has 1 heterocycles. The van der Waals surface area contributed by atoms with E-state index < -0.39 is 0 Å². The summed E-state index contributed by atoms with van der Waals surface area (Å²) in [5, 5.41) is 0. The van der Waals surface area contributed by atoms with Crippen LogP contribution in [0.2, 0.25) is 4.34 Å². The van der Waals surface area contributed by atoms with E-state index in [1.807, 2.05) is 0 Å². The molecule has 0 bridgehead atoms. The maximum absolute atomic E-state index is 5.89. The molecule has 0 aromatic carbocycles. The Morgan fingerprint density at radius 3 is 2.57 bits per heavy atom. The van der Waals surface area contributed by atoms with Gasteiger partial charge in [0.25, 0.3) is 0 Å². The third-order valence-corrected chi connectivity index (χ3v) is 4.12. The summed E-state index contributed by atoms with van der Waals surface area (Å²) in [7, 11) is 0. The Hall–Kier alpha value is 1.24. The van der Waals surface area contributed by atoms with Gasteiger partial charge in [0.05, 0.1) is 8.12 Å². The Balaban J connectivity index is 0.00000169. The van der Waals surface area contributed by atoms with Crippen LogP contribution in [0.4, 0.5) is 0 Å². The second-order valence-electron chi connectivity index (χ2n) is 3.16. The van der Waals surface area contributed by atoms with E-state index in [4.69, 9.17) is 11.6 Å². The lowest BCUT2D eigenvalue weighted by atomic mass is 10.1. The van der Waals surface area contributed by atoms with Gasteiger partial charge < -0.3 is 0 Å². The van der Waals surface area contributed by atoms with Crippen molar-refractivity contribution in [1.29, 1.82) is 0 Å². The molecule has 78 valence electrons. The molecule has 0 aliphatic rings. The van der Waals surface area contributed by atoms with Crippen molar-refractivity contribution in [3.63, 3.8) is 0 Å². The number of hydrogen-bond donors (Lipinski definition) is 0. The van der Waals surface area contributed by atoms with Crippen LogP contribution in [0.25, 0.3) is 0 Å². The fraction of sp³-hybridized carbons (Fsp3) is 0.600. The molecule has 0 saturated carbocycles. The summed E-state index contributed by atoms with van der Waals surface area (Å²) in [6, 6.07) is 2.07. The van der Waals surface area contributed by atoms with Crippen LogP contribution < -0.4 is 0 Å². The first-order chi connectivity index (χ1) is 6.24. The van der Waals surface area contributed by atoms with Crippen molar-refractivity contribution in [1.82, 2.24) is 0 Å². The number of hydrogen-bond acceptors (Lipinski definition) is 1. The van der Waals surface area contributed by atoms with Gasteiger partial charge in [0.15, 0.2) is 0 Å². The normalized spacial score (nSPS) is 9.93. The van der Waals surface area contributed by atoms with Gasteiger partial charge in [-0.25, -0.2) is 0 Å². The maximum Gasteiger partial charge on any atom is 0.316 e. The zero-order valence-electron chi connectivity index (χ0n) is 7.78. The Morgan fingerprint density at radius 2 is 2.07 bits per heavy atom. The first-order valence-electron chi connectivity index (χ1n) is 4.67. The quantitative estimate of drug-likeness (QED) is 0.560. The summed E-state index contributed by atoms with van der Waals surface area (Å²) >= 11 is 11.0. The fourth-order valence-corrected chi connectivity index (χ4v) is 3.43. The molecule has 0 nitrogen and oxygen atoms in total. The first kappa shape index (κ1) is 15.2. The first-order valence-corrected chi connectivity index (χ1v) is 6.66. The monoisotopic (exact) mass is 306 g/mol. The maximum atomic E-state index is 5.89. The molecule has 1 rings (SSSR count). The van der Waals surface area contributed by atoms with Gasteiger partial charge >= 0.3 is 23.1 Å². The van der Waals surface area contributed by atoms with Crippen molar-refractivity contribution in [3.05, 3.63) is 19.8 Å². The van der Waals surface area contributed by atoms with Crippen LogP contribution in [0.1, 0.15) is 38.2 Å². The van der Waals surface area contributed by atoms with Crippen LogP contribution in [0.3, 0.4) is 0 Å².